The molecule has 0 radical (unpaired) electrons. The van der Waals surface area contributed by atoms with Gasteiger partial charge in [-0.3, -0.25) is 14.1 Å². The molecule has 2 aromatic heterocycles. The van der Waals surface area contributed by atoms with Crippen LogP contribution in [0.1, 0.15) is 27.3 Å². The van der Waals surface area contributed by atoms with Gasteiger partial charge in [-0.1, -0.05) is 42.5 Å². The van der Waals surface area contributed by atoms with Crippen LogP contribution in [-0.4, -0.2) is 57.8 Å². The summed E-state index contributed by atoms with van der Waals surface area (Å²) in [5, 5.41) is 0. The zero-order valence-corrected chi connectivity index (χ0v) is 18.4. The van der Waals surface area contributed by atoms with Crippen LogP contribution in [0.25, 0.3) is 11.7 Å². The largest absolute Gasteiger partial charge is 0.335 e. The first-order valence-corrected chi connectivity index (χ1v) is 10.7. The van der Waals surface area contributed by atoms with Crippen LogP contribution in [0, 0.1) is 13.8 Å². The minimum absolute atomic E-state index is 0.0620. The van der Waals surface area contributed by atoms with Gasteiger partial charge in [0.15, 0.2) is 5.65 Å². The van der Waals surface area contributed by atoms with Crippen molar-refractivity contribution in [3.8, 4) is 0 Å². The average Bonchev–Trinajstić information content (AvgIpc) is 3.05. The predicted octanol–water partition coefficient (Wildman–Crippen LogP) is 4.18. The number of benzene rings is 1. The Morgan fingerprint density at radius 3 is 2.59 bits per heavy atom. The molecule has 0 atom stereocenters. The molecule has 1 aliphatic heterocycles. The number of carbonyl (C=O) groups is 1. The summed E-state index contributed by atoms with van der Waals surface area (Å²) in [6.45, 7) is 8.06. The third kappa shape index (κ3) is 4.28. The maximum Gasteiger partial charge on any atom is 0.272 e. The normalized spacial score (nSPS) is 15.5. The third-order valence-electron chi connectivity index (χ3n) is 5.32. The molecule has 1 aliphatic rings. The Labute approximate surface area is 179 Å². The van der Waals surface area contributed by atoms with Gasteiger partial charge >= 0.3 is 0 Å². The van der Waals surface area contributed by atoms with Crippen LogP contribution in [0.3, 0.4) is 0 Å². The number of fused-ring (bicyclic) bond motifs is 1. The summed E-state index contributed by atoms with van der Waals surface area (Å²) in [7, 11) is 0. The molecule has 0 aliphatic carbocycles. The second-order valence-electron chi connectivity index (χ2n) is 7.51. The maximum atomic E-state index is 13.2. The summed E-state index contributed by atoms with van der Waals surface area (Å²) in [6.07, 6.45) is 6.33. The van der Waals surface area contributed by atoms with Gasteiger partial charge in [-0.25, -0.2) is 4.98 Å². The number of piperazine rings is 1. The van der Waals surface area contributed by atoms with Gasteiger partial charge in [-0.05, 0) is 47.0 Å². The van der Waals surface area contributed by atoms with Gasteiger partial charge in [0.1, 0.15) is 5.69 Å². The molecule has 29 heavy (non-hydrogen) atoms. The van der Waals surface area contributed by atoms with Crippen molar-refractivity contribution < 1.29 is 4.79 Å². The molecule has 1 fully saturated rings. The van der Waals surface area contributed by atoms with Gasteiger partial charge in [-0.15, -0.1) is 0 Å². The van der Waals surface area contributed by atoms with Crippen LogP contribution in [0.15, 0.2) is 53.1 Å². The number of aryl methyl sites for hydroxylation is 2. The molecule has 0 saturated carbocycles. The highest BCUT2D eigenvalue weighted by Gasteiger charge is 2.26. The Hall–Kier alpha value is -2.44. The van der Waals surface area contributed by atoms with E-state index >= 15 is 0 Å². The van der Waals surface area contributed by atoms with Crippen molar-refractivity contribution in [3.05, 3.63) is 75.7 Å². The van der Waals surface area contributed by atoms with Gasteiger partial charge in [0.25, 0.3) is 5.91 Å². The highest BCUT2D eigenvalue weighted by Crippen LogP contribution is 2.23. The highest BCUT2D eigenvalue weighted by atomic mass is 79.9. The summed E-state index contributed by atoms with van der Waals surface area (Å²) in [5.74, 6) is 0.0620. The molecule has 0 bridgehead atoms. The molecule has 1 aromatic carbocycles. The second-order valence-corrected chi connectivity index (χ2v) is 8.37. The van der Waals surface area contributed by atoms with E-state index in [0.717, 1.165) is 54.1 Å². The summed E-state index contributed by atoms with van der Waals surface area (Å²) >= 11 is 3.57. The zero-order valence-electron chi connectivity index (χ0n) is 16.8. The molecule has 1 amide bonds. The van der Waals surface area contributed by atoms with E-state index in [1.807, 2.05) is 53.6 Å². The van der Waals surface area contributed by atoms with Crippen molar-refractivity contribution in [2.45, 2.75) is 13.8 Å². The van der Waals surface area contributed by atoms with Gasteiger partial charge in [0.2, 0.25) is 0 Å². The summed E-state index contributed by atoms with van der Waals surface area (Å²) in [5.41, 5.74) is 4.54. The van der Waals surface area contributed by atoms with Crippen molar-refractivity contribution >= 4 is 33.6 Å². The number of aromatic nitrogens is 2. The van der Waals surface area contributed by atoms with Gasteiger partial charge < -0.3 is 4.90 Å². The fourth-order valence-corrected chi connectivity index (χ4v) is 4.43. The van der Waals surface area contributed by atoms with Crippen molar-refractivity contribution in [3.63, 3.8) is 0 Å². The third-order valence-corrected chi connectivity index (χ3v) is 5.91. The number of pyridine rings is 1. The molecule has 5 nitrogen and oxygen atoms in total. The number of carbonyl (C=O) groups excluding carboxylic acids is 1. The van der Waals surface area contributed by atoms with E-state index in [1.54, 1.807) is 0 Å². The van der Waals surface area contributed by atoms with E-state index in [4.69, 9.17) is 0 Å². The minimum Gasteiger partial charge on any atom is -0.335 e. The van der Waals surface area contributed by atoms with E-state index < -0.39 is 0 Å². The van der Waals surface area contributed by atoms with Gasteiger partial charge in [-0.2, -0.15) is 0 Å². The molecule has 3 heterocycles. The quantitative estimate of drug-likeness (QED) is 0.595. The first-order chi connectivity index (χ1) is 14.0. The van der Waals surface area contributed by atoms with Crippen LogP contribution in [-0.2, 0) is 0 Å². The molecule has 6 heteroatoms. The summed E-state index contributed by atoms with van der Waals surface area (Å²) in [4.78, 5) is 22.2. The smallest absolute Gasteiger partial charge is 0.272 e. The molecule has 0 spiro atoms. The Morgan fingerprint density at radius 2 is 1.86 bits per heavy atom. The fraction of sp³-hybridized carbons (Fsp3) is 0.304. The van der Waals surface area contributed by atoms with E-state index in [1.165, 1.54) is 5.56 Å². The molecule has 150 valence electrons. The monoisotopic (exact) mass is 452 g/mol. The number of nitrogens with zero attached hydrogens (tertiary/aromatic N) is 4. The lowest BCUT2D eigenvalue weighted by Crippen LogP contribution is -2.49. The lowest BCUT2D eigenvalue weighted by molar-refractivity contribution is 0.0642. The van der Waals surface area contributed by atoms with Crippen LogP contribution >= 0.6 is 15.9 Å². The fourth-order valence-electron chi connectivity index (χ4n) is 3.79. The van der Waals surface area contributed by atoms with E-state index in [2.05, 4.69) is 50.1 Å². The van der Waals surface area contributed by atoms with E-state index in [9.17, 15) is 4.79 Å². The molecule has 4 rings (SSSR count). The molecule has 3 aromatic rings. The molecule has 0 N–H and O–H groups in total. The van der Waals surface area contributed by atoms with Crippen molar-refractivity contribution in [2.75, 3.05) is 32.7 Å². The number of halogens is 1. The highest BCUT2D eigenvalue weighted by molar-refractivity contribution is 9.10. The van der Waals surface area contributed by atoms with Crippen molar-refractivity contribution in [1.82, 2.24) is 19.2 Å². The van der Waals surface area contributed by atoms with E-state index in [-0.39, 0.29) is 5.91 Å². The predicted molar refractivity (Wildman–Crippen MR) is 120 cm³/mol. The maximum absolute atomic E-state index is 13.2. The zero-order chi connectivity index (χ0) is 20.4. The number of hydrogen-bond donors (Lipinski definition) is 0. The number of hydrogen-bond acceptors (Lipinski definition) is 3. The summed E-state index contributed by atoms with van der Waals surface area (Å²) in [6, 6.07) is 12.4. The van der Waals surface area contributed by atoms with Crippen LogP contribution < -0.4 is 0 Å². The lowest BCUT2D eigenvalue weighted by Gasteiger charge is -2.34. The van der Waals surface area contributed by atoms with Crippen LogP contribution in [0.4, 0.5) is 0 Å². The molecular formula is C23H25BrN4O. The second kappa shape index (κ2) is 8.51. The van der Waals surface area contributed by atoms with Gasteiger partial charge in [0, 0.05) is 38.9 Å². The Morgan fingerprint density at radius 1 is 1.14 bits per heavy atom. The SMILES string of the molecule is Cc1cc(Br)c2nc(C)c(C(=O)N3CCN(C/C=C/c4ccccc4)CC3)n2c1. The van der Waals surface area contributed by atoms with Crippen molar-refractivity contribution in [1.29, 1.82) is 0 Å². The molecular weight excluding hydrogens is 428 g/mol. The van der Waals surface area contributed by atoms with E-state index in [0.29, 0.717) is 5.69 Å². The minimum atomic E-state index is 0.0620. The van der Waals surface area contributed by atoms with Crippen LogP contribution in [0.5, 0.6) is 0 Å². The molecule has 0 unspecified atom stereocenters. The summed E-state index contributed by atoms with van der Waals surface area (Å²) < 4.78 is 2.83. The first-order valence-electron chi connectivity index (χ1n) is 9.91. The number of imidazole rings is 1. The Kier molecular flexibility index (Phi) is 5.83. The lowest BCUT2D eigenvalue weighted by atomic mass is 10.2. The molecule has 1 saturated heterocycles. The average molecular weight is 453 g/mol. The Bertz CT molecular complexity index is 1050. The first kappa shape index (κ1) is 19.9. The topological polar surface area (TPSA) is 40.9 Å². The van der Waals surface area contributed by atoms with Crippen molar-refractivity contribution in [2.24, 2.45) is 0 Å². The Balaban J connectivity index is 1.41. The van der Waals surface area contributed by atoms with Gasteiger partial charge in [0.05, 0.1) is 10.2 Å². The van der Waals surface area contributed by atoms with Crippen LogP contribution in [0.2, 0.25) is 0 Å². The standard InChI is InChI=1S/C23H25BrN4O/c1-17-15-20(24)22-25-18(2)21(28(22)16-17)23(29)27-13-11-26(12-14-27)10-6-9-19-7-4-3-5-8-19/h3-9,15-16H,10-14H2,1-2H3/b9-6+. The number of rotatable bonds is 4. The number of amides is 1.